The molecule has 4 aromatic carbocycles. The van der Waals surface area contributed by atoms with Crippen molar-refractivity contribution in [3.63, 3.8) is 0 Å². The molecule has 0 saturated heterocycles. The van der Waals surface area contributed by atoms with E-state index in [4.69, 9.17) is 18.9 Å². The standard InChI is InChI=1S/C41H52O9/c1-24(42)35-18-33(16-28(22-49-8)38(35)45)41(5,34-17-29(23-50-9)39(46)36(19-34)25(2)43)31-12-10-30(11-13-31)40(3,4)32-14-26(20-47-6)37(44)27(15-32)21-48-7/h10-19,24-25,42-46H,20-23H2,1-9H3. The van der Waals surface area contributed by atoms with Gasteiger partial charge in [0.2, 0.25) is 0 Å². The number of hydrogen-bond donors (Lipinski definition) is 5. The van der Waals surface area contributed by atoms with Crippen LogP contribution in [0.15, 0.2) is 60.7 Å². The smallest absolute Gasteiger partial charge is 0.126 e. The molecule has 9 nitrogen and oxygen atoms in total. The Morgan fingerprint density at radius 3 is 1.14 bits per heavy atom. The summed E-state index contributed by atoms with van der Waals surface area (Å²) in [6, 6.07) is 19.5. The molecule has 0 radical (unpaired) electrons. The van der Waals surface area contributed by atoms with E-state index in [2.05, 4.69) is 38.1 Å². The second-order valence-corrected chi connectivity index (χ2v) is 13.7. The van der Waals surface area contributed by atoms with E-state index < -0.39 is 23.0 Å². The van der Waals surface area contributed by atoms with Crippen molar-refractivity contribution in [1.29, 1.82) is 0 Å². The SMILES string of the molecule is COCc1cc(C(C)(C)c2ccc(C(C)(c3cc(COC)c(O)c(C(C)O)c3)c3cc(COC)c(O)c(C(C)O)c3)cc2)cc(COC)c1O. The minimum atomic E-state index is -0.966. The molecule has 0 aliphatic rings. The van der Waals surface area contributed by atoms with E-state index in [0.717, 1.165) is 27.8 Å². The average Bonchev–Trinajstić information content (AvgIpc) is 3.08. The fourth-order valence-electron chi connectivity index (χ4n) is 6.72. The van der Waals surface area contributed by atoms with E-state index in [1.807, 2.05) is 31.2 Å². The summed E-state index contributed by atoms with van der Waals surface area (Å²) in [5.41, 5.74) is 6.12. The lowest BCUT2D eigenvalue weighted by Gasteiger charge is -2.35. The molecular formula is C41H52O9. The van der Waals surface area contributed by atoms with Gasteiger partial charge in [-0.1, -0.05) is 38.1 Å². The third-order valence-electron chi connectivity index (χ3n) is 9.86. The first-order valence-corrected chi connectivity index (χ1v) is 16.7. The van der Waals surface area contributed by atoms with Crippen LogP contribution >= 0.6 is 0 Å². The first-order valence-electron chi connectivity index (χ1n) is 16.7. The van der Waals surface area contributed by atoms with Gasteiger partial charge >= 0.3 is 0 Å². The van der Waals surface area contributed by atoms with Crippen LogP contribution in [0.4, 0.5) is 0 Å². The first-order chi connectivity index (χ1) is 23.6. The third kappa shape index (κ3) is 7.54. The molecule has 0 aliphatic carbocycles. The molecule has 9 heteroatoms. The Kier molecular flexibility index (Phi) is 12.4. The molecular weight excluding hydrogens is 636 g/mol. The second kappa shape index (κ2) is 15.9. The Labute approximate surface area is 295 Å². The van der Waals surface area contributed by atoms with Crippen LogP contribution in [0.5, 0.6) is 17.2 Å². The summed E-state index contributed by atoms with van der Waals surface area (Å²) in [6.45, 7) is 10.2. The summed E-state index contributed by atoms with van der Waals surface area (Å²) < 4.78 is 21.6. The molecule has 4 rings (SSSR count). The van der Waals surface area contributed by atoms with Crippen molar-refractivity contribution in [2.24, 2.45) is 0 Å². The van der Waals surface area contributed by atoms with Gasteiger partial charge in [-0.25, -0.2) is 0 Å². The normalized spacial score (nSPS) is 14.4. The monoisotopic (exact) mass is 688 g/mol. The van der Waals surface area contributed by atoms with Crippen LogP contribution in [0.2, 0.25) is 0 Å². The van der Waals surface area contributed by atoms with E-state index in [0.29, 0.717) is 33.4 Å². The number of aliphatic hydroxyl groups is 2. The van der Waals surface area contributed by atoms with Gasteiger partial charge < -0.3 is 44.5 Å². The lowest BCUT2D eigenvalue weighted by Crippen LogP contribution is -2.27. The second-order valence-electron chi connectivity index (χ2n) is 13.7. The molecule has 2 unspecified atom stereocenters. The Bertz CT molecular complexity index is 1680. The van der Waals surface area contributed by atoms with Gasteiger partial charge in [0.25, 0.3) is 0 Å². The minimum absolute atomic E-state index is 0.0323. The number of aliphatic hydroxyl groups excluding tert-OH is 2. The topological polar surface area (TPSA) is 138 Å². The Balaban J connectivity index is 1.99. The molecule has 270 valence electrons. The van der Waals surface area contributed by atoms with Gasteiger partial charge in [0.15, 0.2) is 0 Å². The Morgan fingerprint density at radius 2 is 0.800 bits per heavy atom. The number of methoxy groups -OCH3 is 4. The van der Waals surface area contributed by atoms with Crippen LogP contribution in [-0.2, 0) is 56.2 Å². The summed E-state index contributed by atoms with van der Waals surface area (Å²) >= 11 is 0. The van der Waals surface area contributed by atoms with E-state index in [-0.39, 0.29) is 43.7 Å². The van der Waals surface area contributed by atoms with Crippen molar-refractivity contribution >= 4 is 0 Å². The molecule has 0 fully saturated rings. The van der Waals surface area contributed by atoms with Gasteiger partial charge in [0.1, 0.15) is 17.2 Å². The molecule has 0 aliphatic heterocycles. The maximum absolute atomic E-state index is 11.1. The molecule has 5 N–H and O–H groups in total. The first kappa shape index (κ1) is 38.8. The zero-order valence-electron chi connectivity index (χ0n) is 30.6. The fraction of sp³-hybridized carbons (Fsp3) is 0.415. The zero-order valence-corrected chi connectivity index (χ0v) is 30.6. The van der Waals surface area contributed by atoms with Crippen LogP contribution in [-0.4, -0.2) is 54.0 Å². The summed E-state index contributed by atoms with van der Waals surface area (Å²) in [5.74, 6) is 0.0983. The lowest BCUT2D eigenvalue weighted by molar-refractivity contribution is 0.174. The molecule has 0 heterocycles. The van der Waals surface area contributed by atoms with E-state index in [9.17, 15) is 25.5 Å². The third-order valence-corrected chi connectivity index (χ3v) is 9.86. The van der Waals surface area contributed by atoms with Gasteiger partial charge in [0.05, 0.1) is 38.6 Å². The minimum Gasteiger partial charge on any atom is -0.507 e. The van der Waals surface area contributed by atoms with Crippen LogP contribution in [0, 0.1) is 0 Å². The number of aromatic hydroxyl groups is 3. The number of phenols is 3. The highest BCUT2D eigenvalue weighted by molar-refractivity contribution is 5.59. The van der Waals surface area contributed by atoms with Gasteiger partial charge in [-0.2, -0.15) is 0 Å². The largest absolute Gasteiger partial charge is 0.507 e. The Hall–Kier alpha value is -3.96. The predicted molar refractivity (Wildman–Crippen MR) is 193 cm³/mol. The van der Waals surface area contributed by atoms with Gasteiger partial charge in [0, 0.05) is 72.6 Å². The quantitative estimate of drug-likeness (QED) is 0.0823. The van der Waals surface area contributed by atoms with Crippen molar-refractivity contribution in [3.8, 4) is 17.2 Å². The lowest BCUT2D eigenvalue weighted by atomic mass is 9.68. The number of rotatable bonds is 15. The summed E-state index contributed by atoms with van der Waals surface area (Å²) in [4.78, 5) is 0. The summed E-state index contributed by atoms with van der Waals surface area (Å²) in [6.07, 6.45) is -1.93. The van der Waals surface area contributed by atoms with Crippen LogP contribution in [0.3, 0.4) is 0 Å². The maximum Gasteiger partial charge on any atom is 0.126 e. The van der Waals surface area contributed by atoms with Gasteiger partial charge in [-0.3, -0.25) is 0 Å². The fourth-order valence-corrected chi connectivity index (χ4v) is 6.72. The average molecular weight is 689 g/mol. The van der Waals surface area contributed by atoms with Gasteiger partial charge in [-0.05, 0) is 85.0 Å². The number of phenolic OH excluding ortho intramolecular Hbond substituents is 3. The zero-order chi connectivity index (χ0) is 37.0. The van der Waals surface area contributed by atoms with Crippen molar-refractivity contribution in [2.75, 3.05) is 28.4 Å². The molecule has 50 heavy (non-hydrogen) atoms. The highest BCUT2D eigenvalue weighted by Gasteiger charge is 2.36. The van der Waals surface area contributed by atoms with Crippen molar-refractivity contribution in [2.45, 2.75) is 84.1 Å². The maximum atomic E-state index is 11.1. The van der Waals surface area contributed by atoms with Crippen LogP contribution < -0.4 is 0 Å². The molecule has 0 spiro atoms. The molecule has 0 saturated carbocycles. The van der Waals surface area contributed by atoms with E-state index >= 15 is 0 Å². The number of ether oxygens (including phenoxy) is 4. The summed E-state index contributed by atoms with van der Waals surface area (Å²) in [5, 5.41) is 54.5. The summed E-state index contributed by atoms with van der Waals surface area (Å²) in [7, 11) is 6.28. The molecule has 4 aromatic rings. The van der Waals surface area contributed by atoms with E-state index in [1.165, 1.54) is 0 Å². The molecule has 0 bridgehead atoms. The van der Waals surface area contributed by atoms with Crippen molar-refractivity contribution in [3.05, 3.63) is 122 Å². The highest BCUT2D eigenvalue weighted by atomic mass is 16.5. The van der Waals surface area contributed by atoms with Crippen LogP contribution in [0.25, 0.3) is 0 Å². The van der Waals surface area contributed by atoms with Crippen molar-refractivity contribution in [1.82, 2.24) is 0 Å². The van der Waals surface area contributed by atoms with Gasteiger partial charge in [-0.15, -0.1) is 0 Å². The van der Waals surface area contributed by atoms with Crippen molar-refractivity contribution < 1.29 is 44.5 Å². The molecule has 0 amide bonds. The Morgan fingerprint density at radius 1 is 0.480 bits per heavy atom. The molecule has 0 aromatic heterocycles. The van der Waals surface area contributed by atoms with E-state index in [1.54, 1.807) is 54.4 Å². The molecule has 2 atom stereocenters. The number of benzene rings is 4. The van der Waals surface area contributed by atoms with Crippen LogP contribution in [0.1, 0.15) is 108 Å². The number of hydrogen-bond acceptors (Lipinski definition) is 9. The predicted octanol–water partition coefficient (Wildman–Crippen LogP) is 7.18. The highest BCUT2D eigenvalue weighted by Crippen LogP contribution is 2.46.